The van der Waals surface area contributed by atoms with Crippen molar-refractivity contribution >= 4 is 16.7 Å². The van der Waals surface area contributed by atoms with E-state index in [1.54, 1.807) is 30.3 Å². The van der Waals surface area contributed by atoms with Gasteiger partial charge in [-0.1, -0.05) is 133 Å². The maximum atomic E-state index is 14.8. The molecule has 39 heavy (non-hydrogen) atoms. The number of alkyl halides is 3. The fourth-order valence-electron chi connectivity index (χ4n) is 5.37. The summed E-state index contributed by atoms with van der Waals surface area (Å²) < 4.78 is 55.2. The van der Waals surface area contributed by atoms with Crippen LogP contribution in [-0.2, 0) is 19.9 Å². The van der Waals surface area contributed by atoms with Gasteiger partial charge in [-0.2, -0.15) is 13.2 Å². The number of hydrogen-bond donors (Lipinski definition) is 0. The van der Waals surface area contributed by atoms with Crippen LogP contribution in [0.2, 0.25) is 0 Å². The molecule has 0 heterocycles. The van der Waals surface area contributed by atoms with Crippen LogP contribution in [0, 0.1) is 0 Å². The zero-order valence-electron chi connectivity index (χ0n) is 24.3. The number of carbonyl (C=O) groups excluding carboxylic acids is 1. The highest BCUT2D eigenvalue weighted by atomic mass is 19.4. The van der Waals surface area contributed by atoms with Crippen LogP contribution in [0.4, 0.5) is 13.2 Å². The number of methoxy groups -OCH3 is 1. The minimum absolute atomic E-state index is 0.230. The number of esters is 1. The summed E-state index contributed by atoms with van der Waals surface area (Å²) >= 11 is 0. The average Bonchev–Trinajstić information content (AvgIpc) is 2.92. The summed E-state index contributed by atoms with van der Waals surface area (Å²) in [6.45, 7) is 4.37. The SMILES string of the molecule is CCCCCCCCCC(CCCCCCCCC)OC(=O)[C@](OC)(c1cccc2ccccc12)C(F)(F)F. The Hall–Kier alpha value is -2.08. The van der Waals surface area contributed by atoms with Crippen molar-refractivity contribution in [2.24, 2.45) is 0 Å². The molecule has 0 unspecified atom stereocenters. The summed E-state index contributed by atoms with van der Waals surface area (Å²) in [7, 11) is 0.943. The van der Waals surface area contributed by atoms with Crippen molar-refractivity contribution in [3.05, 3.63) is 48.0 Å². The second kappa shape index (κ2) is 17.6. The maximum Gasteiger partial charge on any atom is 0.432 e. The standard InChI is InChI=1S/C33H49F3O3/c1-4-6-8-10-12-14-16-23-28(24-17-15-13-11-9-7-5-2)39-31(37)32(38-3,33(34,35)36)30-26-20-22-27-21-18-19-25-29(27)30/h18-22,25-26,28H,4-17,23-24H2,1-3H3/t32-/m1/s1. The van der Waals surface area contributed by atoms with Crippen molar-refractivity contribution in [3.63, 3.8) is 0 Å². The number of fused-ring (bicyclic) bond motifs is 1. The van der Waals surface area contributed by atoms with Gasteiger partial charge in [0, 0.05) is 12.7 Å². The van der Waals surface area contributed by atoms with Gasteiger partial charge in [0.05, 0.1) is 0 Å². The van der Waals surface area contributed by atoms with Crippen molar-refractivity contribution in [1.82, 2.24) is 0 Å². The predicted octanol–water partition coefficient (Wildman–Crippen LogP) is 10.4. The van der Waals surface area contributed by atoms with Crippen LogP contribution in [0.25, 0.3) is 10.8 Å². The normalized spacial score (nSPS) is 13.6. The van der Waals surface area contributed by atoms with Crippen LogP contribution in [0.15, 0.2) is 42.5 Å². The molecule has 0 bridgehead atoms. The highest BCUT2D eigenvalue weighted by Crippen LogP contribution is 2.45. The van der Waals surface area contributed by atoms with E-state index in [9.17, 15) is 18.0 Å². The minimum atomic E-state index is -4.99. The molecule has 1 atom stereocenters. The third-order valence-electron chi connectivity index (χ3n) is 7.69. The molecular formula is C33H49F3O3. The zero-order chi connectivity index (χ0) is 28.6. The first kappa shape index (κ1) is 33.1. The van der Waals surface area contributed by atoms with Crippen LogP contribution in [0.5, 0.6) is 0 Å². The average molecular weight is 551 g/mol. The first-order valence-electron chi connectivity index (χ1n) is 15.1. The van der Waals surface area contributed by atoms with Crippen molar-refractivity contribution < 1.29 is 27.4 Å². The Morgan fingerprint density at radius 1 is 0.718 bits per heavy atom. The van der Waals surface area contributed by atoms with Gasteiger partial charge in [-0.15, -0.1) is 0 Å². The maximum absolute atomic E-state index is 14.8. The second-order valence-electron chi connectivity index (χ2n) is 10.8. The van der Waals surface area contributed by atoms with E-state index < -0.39 is 23.9 Å². The lowest BCUT2D eigenvalue weighted by Crippen LogP contribution is -2.52. The zero-order valence-corrected chi connectivity index (χ0v) is 24.3. The van der Waals surface area contributed by atoms with Crippen molar-refractivity contribution in [1.29, 1.82) is 0 Å². The van der Waals surface area contributed by atoms with E-state index in [4.69, 9.17) is 9.47 Å². The van der Waals surface area contributed by atoms with E-state index in [1.807, 2.05) is 0 Å². The smallest absolute Gasteiger partial charge is 0.432 e. The quantitative estimate of drug-likeness (QED) is 0.121. The largest absolute Gasteiger partial charge is 0.460 e. The van der Waals surface area contributed by atoms with Gasteiger partial charge in [0.1, 0.15) is 6.10 Å². The lowest BCUT2D eigenvalue weighted by molar-refractivity contribution is -0.278. The van der Waals surface area contributed by atoms with Crippen LogP contribution in [0.1, 0.15) is 122 Å². The molecule has 0 radical (unpaired) electrons. The molecular weight excluding hydrogens is 501 g/mol. The van der Waals surface area contributed by atoms with Crippen molar-refractivity contribution in [3.8, 4) is 0 Å². The molecule has 2 aromatic rings. The van der Waals surface area contributed by atoms with Crippen molar-refractivity contribution in [2.45, 2.75) is 134 Å². The molecule has 220 valence electrons. The Morgan fingerprint density at radius 2 is 1.21 bits per heavy atom. The van der Waals surface area contributed by atoms with E-state index in [0.29, 0.717) is 23.6 Å². The van der Waals surface area contributed by atoms with Crippen LogP contribution in [-0.4, -0.2) is 25.4 Å². The number of unbranched alkanes of at least 4 members (excludes halogenated alkanes) is 12. The van der Waals surface area contributed by atoms with Gasteiger partial charge in [0.15, 0.2) is 0 Å². The van der Waals surface area contributed by atoms with Gasteiger partial charge in [0.25, 0.3) is 5.60 Å². The molecule has 3 nitrogen and oxygen atoms in total. The summed E-state index contributed by atoms with van der Waals surface area (Å²) in [5.74, 6) is -1.37. The van der Waals surface area contributed by atoms with Gasteiger partial charge in [0.2, 0.25) is 0 Å². The third kappa shape index (κ3) is 9.81. The highest BCUT2D eigenvalue weighted by Gasteiger charge is 2.64. The van der Waals surface area contributed by atoms with E-state index in [2.05, 4.69) is 13.8 Å². The molecule has 0 amide bonds. The molecule has 0 N–H and O–H groups in total. The first-order chi connectivity index (χ1) is 18.8. The number of rotatable bonds is 20. The Morgan fingerprint density at radius 3 is 1.72 bits per heavy atom. The molecule has 0 aliphatic heterocycles. The van der Waals surface area contributed by atoms with Crippen LogP contribution >= 0.6 is 0 Å². The topological polar surface area (TPSA) is 35.5 Å². The first-order valence-corrected chi connectivity index (χ1v) is 15.1. The monoisotopic (exact) mass is 550 g/mol. The van der Waals surface area contributed by atoms with Crippen LogP contribution in [0.3, 0.4) is 0 Å². The van der Waals surface area contributed by atoms with Gasteiger partial charge in [-0.3, -0.25) is 0 Å². The second-order valence-corrected chi connectivity index (χ2v) is 10.8. The summed E-state index contributed by atoms with van der Waals surface area (Å²) in [5.41, 5.74) is -3.42. The molecule has 0 aliphatic rings. The van der Waals surface area contributed by atoms with Crippen LogP contribution < -0.4 is 0 Å². The van der Waals surface area contributed by atoms with E-state index in [1.165, 1.54) is 50.7 Å². The number of ether oxygens (including phenoxy) is 2. The lowest BCUT2D eigenvalue weighted by atomic mass is 9.88. The molecule has 2 aromatic carbocycles. The van der Waals surface area contributed by atoms with Crippen molar-refractivity contribution in [2.75, 3.05) is 7.11 Å². The summed E-state index contributed by atoms with van der Waals surface area (Å²) in [5, 5.41) is 0.933. The number of benzene rings is 2. The summed E-state index contributed by atoms with van der Waals surface area (Å²) in [6.07, 6.45) is 11.0. The van der Waals surface area contributed by atoms with E-state index in [0.717, 1.165) is 58.5 Å². The predicted molar refractivity (Wildman–Crippen MR) is 154 cm³/mol. The molecule has 0 saturated heterocycles. The van der Waals surface area contributed by atoms with Gasteiger partial charge in [-0.25, -0.2) is 4.79 Å². The lowest BCUT2D eigenvalue weighted by Gasteiger charge is -2.34. The molecule has 2 rings (SSSR count). The summed E-state index contributed by atoms with van der Waals surface area (Å²) in [6, 6.07) is 11.3. The Balaban J connectivity index is 2.19. The fourth-order valence-corrected chi connectivity index (χ4v) is 5.37. The Kier molecular flexibility index (Phi) is 14.9. The fraction of sp³-hybridized carbons (Fsp3) is 0.667. The minimum Gasteiger partial charge on any atom is -0.460 e. The molecule has 6 heteroatoms. The number of hydrogen-bond acceptors (Lipinski definition) is 3. The Bertz CT molecular complexity index is 935. The molecule has 0 spiro atoms. The third-order valence-corrected chi connectivity index (χ3v) is 7.69. The van der Waals surface area contributed by atoms with E-state index >= 15 is 0 Å². The number of halogens is 3. The highest BCUT2D eigenvalue weighted by molar-refractivity contribution is 5.93. The summed E-state index contributed by atoms with van der Waals surface area (Å²) in [4.78, 5) is 13.5. The Labute approximate surface area is 233 Å². The number of carbonyl (C=O) groups is 1. The van der Waals surface area contributed by atoms with E-state index in [-0.39, 0.29) is 5.56 Å². The molecule has 0 aromatic heterocycles. The molecule has 0 fully saturated rings. The molecule has 0 saturated carbocycles. The van der Waals surface area contributed by atoms with Gasteiger partial charge >= 0.3 is 12.1 Å². The molecule has 0 aliphatic carbocycles. The van der Waals surface area contributed by atoms with Gasteiger partial charge in [-0.05, 0) is 36.5 Å². The van der Waals surface area contributed by atoms with Gasteiger partial charge < -0.3 is 9.47 Å².